The topological polar surface area (TPSA) is 47.6 Å². The van der Waals surface area contributed by atoms with E-state index >= 15 is 0 Å². The maximum Gasteiger partial charge on any atom is 0.289 e. The third-order valence-electron chi connectivity index (χ3n) is 0.892. The third kappa shape index (κ3) is 10.6. The fraction of sp³-hybridized carbons (Fsp3) is 0.833. The number of rotatable bonds is 5. The molecule has 0 fully saturated rings. The zero-order valence-corrected chi connectivity index (χ0v) is 15.2. The Morgan fingerprint density at radius 3 is 1.86 bits per heavy atom. The Labute approximate surface area is 135 Å². The number of amides is 1. The zero-order valence-electron chi connectivity index (χ0n) is 9.49. The molecule has 0 atom stereocenters. The van der Waals surface area contributed by atoms with Crippen LogP contribution in [0.5, 0.6) is 0 Å². The van der Waals surface area contributed by atoms with Crippen molar-refractivity contribution < 1.29 is 13.8 Å². The Morgan fingerprint density at radius 2 is 1.64 bits per heavy atom. The Kier molecular flexibility index (Phi) is 17.6. The second kappa shape index (κ2) is 11.5. The number of nitrogens with one attached hydrogen (secondary N) is 1. The van der Waals surface area contributed by atoms with E-state index in [1.165, 1.54) is 6.92 Å². The Hall–Kier alpha value is 2.04. The van der Waals surface area contributed by atoms with E-state index in [4.69, 9.17) is 20.9 Å². The first kappa shape index (κ1) is 21.3. The number of carbonyl (C=O) groups is 1. The third-order valence-corrected chi connectivity index (χ3v) is 3.58. The minimum Gasteiger partial charge on any atom is -0.314 e. The first-order valence-electron chi connectivity index (χ1n) is 3.72. The second-order valence-corrected chi connectivity index (χ2v) is 5.18. The van der Waals surface area contributed by atoms with Gasteiger partial charge in [-0.15, -0.1) is 0 Å². The molecule has 74 valence electrons. The zero-order chi connectivity index (χ0) is 9.61. The molecule has 0 aliphatic rings. The molecule has 0 rings (SSSR count). The van der Waals surface area contributed by atoms with Crippen LogP contribution in [0.1, 0.15) is 20.8 Å². The molecule has 0 heterocycles. The van der Waals surface area contributed by atoms with Crippen molar-refractivity contribution in [1.29, 1.82) is 0 Å². The molecule has 2 radical (unpaired) electrons. The van der Waals surface area contributed by atoms with Crippen LogP contribution in [0.4, 0.5) is 0 Å². The summed E-state index contributed by atoms with van der Waals surface area (Å²) in [4.78, 5) is 10.7. The molecule has 0 aromatic rings. The summed E-state index contributed by atoms with van der Waals surface area (Å²) in [7, 11) is 0. The second-order valence-electron chi connectivity index (χ2n) is 2.00. The monoisotopic (exact) mass is 257 g/mol. The molecule has 0 aliphatic carbocycles. The predicted octanol–water partition coefficient (Wildman–Crippen LogP) is 0.658. The summed E-state index contributed by atoms with van der Waals surface area (Å²) >= 11 is 5.01. The van der Waals surface area contributed by atoms with E-state index in [2.05, 4.69) is 5.09 Å². The average molecular weight is 257 g/mol. The van der Waals surface area contributed by atoms with Crippen LogP contribution in [-0.4, -0.2) is 78.2 Å². The van der Waals surface area contributed by atoms with Crippen molar-refractivity contribution in [3.05, 3.63) is 0 Å². The van der Waals surface area contributed by atoms with Gasteiger partial charge in [0, 0.05) is 66.0 Å². The van der Waals surface area contributed by atoms with Gasteiger partial charge in [0.05, 0.1) is 13.2 Å². The molecule has 0 aromatic heterocycles. The van der Waals surface area contributed by atoms with Crippen LogP contribution < -0.4 is 5.09 Å². The first-order valence-corrected chi connectivity index (χ1v) is 6.36. The molecule has 0 unspecified atom stereocenters. The van der Waals surface area contributed by atoms with E-state index in [1.807, 2.05) is 13.8 Å². The van der Waals surface area contributed by atoms with E-state index in [9.17, 15) is 4.79 Å². The van der Waals surface area contributed by atoms with Crippen molar-refractivity contribution in [3.8, 4) is 0 Å². The fourth-order valence-corrected chi connectivity index (χ4v) is 2.92. The number of hydrogen-bond acceptors (Lipinski definition) is 4. The summed E-state index contributed by atoms with van der Waals surface area (Å²) in [5.41, 5.74) is 0. The molecule has 0 aromatic carbocycles. The molecule has 4 nitrogen and oxygen atoms in total. The van der Waals surface area contributed by atoms with Gasteiger partial charge < -0.3 is 9.05 Å². The summed E-state index contributed by atoms with van der Waals surface area (Å²) < 4.78 is 10.3. The molecule has 0 saturated heterocycles. The van der Waals surface area contributed by atoms with Gasteiger partial charge in [0.25, 0.3) is 6.64 Å². The quantitative estimate of drug-likeness (QED) is 0.580. The van der Waals surface area contributed by atoms with Gasteiger partial charge in [0.1, 0.15) is 0 Å². The van der Waals surface area contributed by atoms with Crippen LogP contribution in [0.25, 0.3) is 0 Å². The van der Waals surface area contributed by atoms with Crippen molar-refractivity contribution in [1.82, 2.24) is 5.09 Å². The van der Waals surface area contributed by atoms with Crippen LogP contribution in [0, 0.1) is 0 Å². The summed E-state index contributed by atoms with van der Waals surface area (Å²) in [6.45, 7) is 3.35. The van der Waals surface area contributed by atoms with Crippen molar-refractivity contribution in [2.24, 2.45) is 0 Å². The van der Waals surface area contributed by atoms with Crippen LogP contribution in [0.3, 0.4) is 0 Å². The van der Waals surface area contributed by atoms with Crippen molar-refractivity contribution in [2.45, 2.75) is 20.8 Å². The Bertz CT molecular complexity index is 196. The summed E-state index contributed by atoms with van der Waals surface area (Å²) in [6.07, 6.45) is 0. The molecular formula is C6H14NNa2O3PS. The molecule has 0 saturated carbocycles. The van der Waals surface area contributed by atoms with Gasteiger partial charge in [-0.05, 0) is 25.7 Å². The maximum atomic E-state index is 10.7. The number of hydrogen-bond donors (Lipinski definition) is 1. The van der Waals surface area contributed by atoms with E-state index in [0.717, 1.165) is 0 Å². The van der Waals surface area contributed by atoms with Crippen LogP contribution in [0.15, 0.2) is 0 Å². The molecule has 1 N–H and O–H groups in total. The van der Waals surface area contributed by atoms with E-state index in [0.29, 0.717) is 13.2 Å². The van der Waals surface area contributed by atoms with Gasteiger partial charge in [-0.1, -0.05) is 0 Å². The normalized spacial score (nSPS) is 9.64. The maximum absolute atomic E-state index is 10.7. The predicted molar refractivity (Wildman–Crippen MR) is 62.9 cm³/mol. The van der Waals surface area contributed by atoms with Gasteiger partial charge >= 0.3 is 0 Å². The van der Waals surface area contributed by atoms with E-state index in [-0.39, 0.29) is 65.0 Å². The molecular weight excluding hydrogens is 243 g/mol. The SMILES string of the molecule is CCOP(=S)(NC(C)=O)OCC.[Na].[Na]. The van der Waals surface area contributed by atoms with Crippen molar-refractivity contribution in [2.75, 3.05) is 13.2 Å². The molecule has 0 bridgehead atoms. The first-order chi connectivity index (χ1) is 5.54. The molecule has 0 spiro atoms. The minimum absolute atomic E-state index is 0. The Balaban J connectivity index is -0.000000605. The van der Waals surface area contributed by atoms with Crippen LogP contribution >= 0.6 is 6.64 Å². The summed E-state index contributed by atoms with van der Waals surface area (Å²) in [5.74, 6) is -0.222. The van der Waals surface area contributed by atoms with Crippen molar-refractivity contribution in [3.63, 3.8) is 0 Å². The standard InChI is InChI=1S/C6H14NO3PS.2Na/c1-4-9-11(12,10-5-2)7-6(3)8;;/h4-5H2,1-3H3,(H,7,8,12);;. The minimum atomic E-state index is -2.54. The van der Waals surface area contributed by atoms with Gasteiger partial charge in [-0.2, -0.15) is 0 Å². The van der Waals surface area contributed by atoms with Crippen molar-refractivity contribution >= 4 is 83.5 Å². The average Bonchev–Trinajstić information content (AvgIpc) is 1.85. The van der Waals surface area contributed by atoms with Crippen LogP contribution in [0.2, 0.25) is 0 Å². The van der Waals surface area contributed by atoms with Gasteiger partial charge in [-0.3, -0.25) is 9.88 Å². The fourth-order valence-electron chi connectivity index (χ4n) is 0.635. The largest absolute Gasteiger partial charge is 0.314 e. The van der Waals surface area contributed by atoms with E-state index in [1.54, 1.807) is 0 Å². The number of carbonyl (C=O) groups excluding carboxylic acids is 1. The summed E-state index contributed by atoms with van der Waals surface area (Å²) in [5, 5.41) is 2.50. The molecule has 0 aliphatic heterocycles. The van der Waals surface area contributed by atoms with Crippen LogP contribution in [-0.2, 0) is 25.6 Å². The van der Waals surface area contributed by atoms with E-state index < -0.39 is 6.64 Å². The summed E-state index contributed by atoms with van der Waals surface area (Å²) in [6, 6.07) is 0. The Morgan fingerprint density at radius 1 is 1.29 bits per heavy atom. The van der Waals surface area contributed by atoms with Gasteiger partial charge in [0.15, 0.2) is 0 Å². The van der Waals surface area contributed by atoms with Gasteiger partial charge in [0.2, 0.25) is 5.91 Å². The molecule has 8 heteroatoms. The molecule has 14 heavy (non-hydrogen) atoms. The smallest absolute Gasteiger partial charge is 0.289 e. The molecule has 1 amide bonds. The van der Waals surface area contributed by atoms with Gasteiger partial charge in [-0.25, -0.2) is 0 Å².